The molecule has 0 bridgehead atoms. The van der Waals surface area contributed by atoms with E-state index in [1.54, 1.807) is 0 Å². The molecule has 0 radical (unpaired) electrons. The fourth-order valence-corrected chi connectivity index (χ4v) is 3.17. The summed E-state index contributed by atoms with van der Waals surface area (Å²) in [6, 6.07) is 20.7. The van der Waals surface area contributed by atoms with Crippen molar-refractivity contribution in [2.75, 3.05) is 0 Å². The Morgan fingerprint density at radius 3 is 2.38 bits per heavy atom. The van der Waals surface area contributed by atoms with Gasteiger partial charge in [0.25, 0.3) is 6.33 Å². The maximum atomic E-state index is 4.70. The summed E-state index contributed by atoms with van der Waals surface area (Å²) in [5.74, 6) is 0. The molecule has 0 fully saturated rings. The summed E-state index contributed by atoms with van der Waals surface area (Å²) in [6.45, 7) is 2.14. The second-order valence-corrected chi connectivity index (χ2v) is 5.94. The Balaban J connectivity index is 2.06. The van der Waals surface area contributed by atoms with Gasteiger partial charge in [0.05, 0.1) is 23.7 Å². The highest BCUT2D eigenvalue weighted by molar-refractivity contribution is 5.99. The van der Waals surface area contributed by atoms with Crippen molar-refractivity contribution in [1.82, 2.24) is 9.97 Å². The first-order chi connectivity index (χ1) is 11.8. The van der Waals surface area contributed by atoms with Crippen LogP contribution in [0.2, 0.25) is 0 Å². The monoisotopic (exact) mass is 312 g/mol. The normalized spacial score (nSPS) is 10.9. The van der Waals surface area contributed by atoms with E-state index in [9.17, 15) is 0 Å². The third kappa shape index (κ3) is 2.35. The average molecular weight is 312 g/mol. The van der Waals surface area contributed by atoms with Crippen molar-refractivity contribution in [3.05, 3.63) is 78.8 Å². The maximum Gasteiger partial charge on any atom is 0.287 e. The molecule has 4 rings (SSSR count). The first-order valence-electron chi connectivity index (χ1n) is 8.00. The number of fused-ring (bicyclic) bond motifs is 1. The van der Waals surface area contributed by atoms with Crippen LogP contribution in [0.4, 0.5) is 0 Å². The first kappa shape index (κ1) is 14.5. The molecule has 0 unspecified atom stereocenters. The SMILES string of the molecule is Cc1ccccc1-c1c2cccc(-c3ccccn3)c2nc[n+]1C. The molecule has 4 aromatic rings. The van der Waals surface area contributed by atoms with Gasteiger partial charge in [-0.05, 0) is 41.7 Å². The lowest BCUT2D eigenvalue weighted by Gasteiger charge is -2.10. The number of hydrogen-bond acceptors (Lipinski definition) is 2. The summed E-state index contributed by atoms with van der Waals surface area (Å²) >= 11 is 0. The minimum absolute atomic E-state index is 0.945. The standard InChI is InChI=1S/C21H18N3/c1-15-8-3-4-9-16(15)21-18-11-7-10-17(19-12-5-6-13-22-19)20(18)23-14-24(21)2/h3-14H,1-2H3/q+1. The highest BCUT2D eigenvalue weighted by atomic mass is 15.0. The summed E-state index contributed by atoms with van der Waals surface area (Å²) < 4.78 is 2.09. The first-order valence-corrected chi connectivity index (χ1v) is 8.00. The molecular formula is C21H18N3+. The van der Waals surface area contributed by atoms with Gasteiger partial charge in [-0.25, -0.2) is 4.57 Å². The zero-order valence-electron chi connectivity index (χ0n) is 13.8. The van der Waals surface area contributed by atoms with E-state index in [-0.39, 0.29) is 0 Å². The molecule has 116 valence electrons. The van der Waals surface area contributed by atoms with Gasteiger partial charge in [-0.2, -0.15) is 0 Å². The van der Waals surface area contributed by atoms with Gasteiger partial charge in [0.2, 0.25) is 0 Å². The summed E-state index contributed by atoms with van der Waals surface area (Å²) in [4.78, 5) is 9.19. The molecule has 2 aromatic heterocycles. The predicted octanol–water partition coefficient (Wildman–Crippen LogP) is 4.10. The van der Waals surface area contributed by atoms with Gasteiger partial charge in [0, 0.05) is 11.8 Å². The Kier molecular flexibility index (Phi) is 3.54. The summed E-state index contributed by atoms with van der Waals surface area (Å²) in [5.41, 5.74) is 6.64. The minimum Gasteiger partial charge on any atom is -0.256 e. The zero-order valence-corrected chi connectivity index (χ0v) is 13.8. The van der Waals surface area contributed by atoms with Crippen LogP contribution in [0.15, 0.2) is 73.2 Å². The van der Waals surface area contributed by atoms with E-state index in [2.05, 4.69) is 58.9 Å². The lowest BCUT2D eigenvalue weighted by Crippen LogP contribution is -2.31. The largest absolute Gasteiger partial charge is 0.287 e. The van der Waals surface area contributed by atoms with E-state index in [0.29, 0.717) is 0 Å². The molecule has 0 atom stereocenters. The second kappa shape index (κ2) is 5.85. The smallest absolute Gasteiger partial charge is 0.256 e. The average Bonchev–Trinajstić information content (AvgIpc) is 2.63. The third-order valence-electron chi connectivity index (χ3n) is 4.34. The number of hydrogen-bond donors (Lipinski definition) is 0. The van der Waals surface area contributed by atoms with Gasteiger partial charge in [0.1, 0.15) is 5.69 Å². The van der Waals surface area contributed by atoms with Crippen molar-refractivity contribution in [1.29, 1.82) is 0 Å². The number of pyridine rings is 1. The molecule has 0 aliphatic rings. The quantitative estimate of drug-likeness (QED) is 0.522. The number of para-hydroxylation sites is 1. The summed E-state index contributed by atoms with van der Waals surface area (Å²) in [7, 11) is 2.04. The Morgan fingerprint density at radius 1 is 0.792 bits per heavy atom. The molecule has 2 aromatic carbocycles. The van der Waals surface area contributed by atoms with Crippen molar-refractivity contribution in [3.8, 4) is 22.5 Å². The van der Waals surface area contributed by atoms with E-state index in [4.69, 9.17) is 4.98 Å². The second-order valence-electron chi connectivity index (χ2n) is 5.94. The van der Waals surface area contributed by atoms with Gasteiger partial charge < -0.3 is 0 Å². The van der Waals surface area contributed by atoms with Gasteiger partial charge >= 0.3 is 0 Å². The third-order valence-corrected chi connectivity index (χ3v) is 4.34. The van der Waals surface area contributed by atoms with E-state index in [1.807, 2.05) is 37.8 Å². The molecule has 0 saturated heterocycles. The molecule has 0 aliphatic carbocycles. The van der Waals surface area contributed by atoms with E-state index in [1.165, 1.54) is 16.8 Å². The molecule has 0 N–H and O–H groups in total. The number of aromatic nitrogens is 3. The van der Waals surface area contributed by atoms with Crippen LogP contribution in [0.5, 0.6) is 0 Å². The molecule has 3 nitrogen and oxygen atoms in total. The lowest BCUT2D eigenvalue weighted by atomic mass is 9.99. The van der Waals surface area contributed by atoms with Crippen LogP contribution in [-0.2, 0) is 7.05 Å². The van der Waals surface area contributed by atoms with Crippen LogP contribution < -0.4 is 4.57 Å². The van der Waals surface area contributed by atoms with Crippen LogP contribution >= 0.6 is 0 Å². The van der Waals surface area contributed by atoms with Crippen molar-refractivity contribution < 1.29 is 4.57 Å². The van der Waals surface area contributed by atoms with E-state index >= 15 is 0 Å². The zero-order chi connectivity index (χ0) is 16.5. The molecule has 0 aliphatic heterocycles. The fourth-order valence-electron chi connectivity index (χ4n) is 3.17. The van der Waals surface area contributed by atoms with Crippen LogP contribution in [0.1, 0.15) is 5.56 Å². The lowest BCUT2D eigenvalue weighted by molar-refractivity contribution is -0.662. The number of nitrogens with zero attached hydrogens (tertiary/aromatic N) is 3. The maximum absolute atomic E-state index is 4.70. The Labute approximate surface area is 141 Å². The number of benzene rings is 2. The highest BCUT2D eigenvalue weighted by Gasteiger charge is 2.19. The topological polar surface area (TPSA) is 29.7 Å². The van der Waals surface area contributed by atoms with Gasteiger partial charge in [0.15, 0.2) is 5.52 Å². The fraction of sp³-hybridized carbons (Fsp3) is 0.0952. The van der Waals surface area contributed by atoms with Crippen molar-refractivity contribution in [2.45, 2.75) is 6.92 Å². The Bertz CT molecular complexity index is 1020. The van der Waals surface area contributed by atoms with E-state index in [0.717, 1.165) is 22.2 Å². The molecule has 2 heterocycles. The Morgan fingerprint density at radius 2 is 1.58 bits per heavy atom. The van der Waals surface area contributed by atoms with Crippen molar-refractivity contribution in [2.24, 2.45) is 7.05 Å². The molecule has 0 saturated carbocycles. The predicted molar refractivity (Wildman–Crippen MR) is 96.3 cm³/mol. The van der Waals surface area contributed by atoms with Crippen LogP contribution in [-0.4, -0.2) is 9.97 Å². The Hall–Kier alpha value is -3.07. The van der Waals surface area contributed by atoms with Gasteiger partial charge in [-0.15, -0.1) is 0 Å². The highest BCUT2D eigenvalue weighted by Crippen LogP contribution is 2.31. The van der Waals surface area contributed by atoms with Crippen molar-refractivity contribution >= 4 is 10.9 Å². The van der Waals surface area contributed by atoms with Crippen LogP contribution in [0.25, 0.3) is 33.4 Å². The molecule has 24 heavy (non-hydrogen) atoms. The molecule has 3 heteroatoms. The van der Waals surface area contributed by atoms with Gasteiger partial charge in [-0.1, -0.05) is 36.4 Å². The van der Waals surface area contributed by atoms with Crippen LogP contribution in [0, 0.1) is 6.92 Å². The number of rotatable bonds is 2. The summed E-state index contributed by atoms with van der Waals surface area (Å²) in [5, 5.41) is 1.14. The van der Waals surface area contributed by atoms with Crippen LogP contribution in [0.3, 0.4) is 0 Å². The van der Waals surface area contributed by atoms with E-state index < -0.39 is 0 Å². The van der Waals surface area contributed by atoms with Gasteiger partial charge in [-0.3, -0.25) is 4.98 Å². The molecule has 0 spiro atoms. The summed E-state index contributed by atoms with van der Waals surface area (Å²) in [6.07, 6.45) is 3.70. The number of aryl methyl sites for hydroxylation is 2. The molecular weight excluding hydrogens is 294 g/mol. The van der Waals surface area contributed by atoms with Crippen molar-refractivity contribution in [3.63, 3.8) is 0 Å². The molecule has 0 amide bonds. The minimum atomic E-state index is 0.945.